The molecule has 7 nitrogen and oxygen atoms in total. The maximum atomic E-state index is 14.7. The van der Waals surface area contributed by atoms with E-state index in [9.17, 15) is 31.3 Å². The van der Waals surface area contributed by atoms with Gasteiger partial charge in [-0.3, -0.25) is 4.79 Å². The number of aliphatic carboxylic acids is 1. The highest BCUT2D eigenvalue weighted by atomic mass is 35.5. The van der Waals surface area contributed by atoms with Gasteiger partial charge in [0.1, 0.15) is 28.5 Å². The zero-order valence-corrected chi connectivity index (χ0v) is 28.4. The summed E-state index contributed by atoms with van der Waals surface area (Å²) in [5, 5.41) is 10.3. The summed E-state index contributed by atoms with van der Waals surface area (Å²) in [6.45, 7) is 0.233. The highest BCUT2D eigenvalue weighted by molar-refractivity contribution is 7.90. The molecule has 1 fully saturated rings. The smallest absolute Gasteiger partial charge is 0.490 e. The fourth-order valence-electron chi connectivity index (χ4n) is 5.51. The number of amides is 1. The summed E-state index contributed by atoms with van der Waals surface area (Å²) in [6, 6.07) is 15.7. The van der Waals surface area contributed by atoms with E-state index >= 15 is 0 Å². The van der Waals surface area contributed by atoms with E-state index in [2.05, 4.69) is 5.32 Å². The van der Waals surface area contributed by atoms with Gasteiger partial charge in [-0.05, 0) is 104 Å². The van der Waals surface area contributed by atoms with Gasteiger partial charge in [-0.2, -0.15) is 13.2 Å². The number of ether oxygens (including phenoxy) is 1. The Kier molecular flexibility index (Phi) is 12.3. The van der Waals surface area contributed by atoms with E-state index in [1.807, 2.05) is 49.5 Å². The van der Waals surface area contributed by atoms with E-state index in [-0.39, 0.29) is 38.5 Å². The predicted molar refractivity (Wildman–Crippen MR) is 176 cm³/mol. The van der Waals surface area contributed by atoms with Crippen LogP contribution in [0.3, 0.4) is 0 Å². The number of halogens is 6. The second-order valence-corrected chi connectivity index (χ2v) is 13.8. The van der Waals surface area contributed by atoms with Gasteiger partial charge in [-0.15, -0.1) is 11.3 Å². The number of nitrogens with zero attached hydrogens (tertiary/aromatic N) is 1. The van der Waals surface area contributed by atoms with Crippen molar-refractivity contribution in [3.8, 4) is 16.9 Å². The number of alkyl halides is 3. The molecule has 1 aliphatic rings. The van der Waals surface area contributed by atoms with E-state index in [1.54, 1.807) is 18.3 Å². The lowest BCUT2D eigenvalue weighted by atomic mass is 9.89. The predicted octanol–water partition coefficient (Wildman–Crippen LogP) is 8.05. The van der Waals surface area contributed by atoms with Crippen LogP contribution in [0.15, 0.2) is 59.5 Å². The van der Waals surface area contributed by atoms with Crippen molar-refractivity contribution in [2.45, 2.75) is 55.4 Å². The Morgan fingerprint density at radius 1 is 1.04 bits per heavy atom. The molecule has 3 aromatic carbocycles. The molecule has 0 radical (unpaired) electrons. The normalized spacial score (nSPS) is 17.0. The molecular weight excluding hydrogens is 699 g/mol. The fraction of sp³-hybridized carbons (Fsp3) is 0.333. The molecule has 258 valence electrons. The molecule has 4 aromatic rings. The van der Waals surface area contributed by atoms with Gasteiger partial charge in [-0.1, -0.05) is 17.7 Å². The van der Waals surface area contributed by atoms with Crippen LogP contribution in [-0.4, -0.2) is 65.1 Å². The first-order valence-electron chi connectivity index (χ1n) is 14.6. The Hall–Kier alpha value is -3.43. The second-order valence-electron chi connectivity index (χ2n) is 11.0. The fourth-order valence-corrected chi connectivity index (χ4v) is 7.54. The van der Waals surface area contributed by atoms with Crippen LogP contribution >= 0.6 is 22.9 Å². The number of fused-ring (bicyclic) bond motifs is 1. The van der Waals surface area contributed by atoms with Crippen molar-refractivity contribution in [3.63, 3.8) is 0 Å². The number of hydrogen-bond acceptors (Lipinski definition) is 6. The lowest BCUT2D eigenvalue weighted by Crippen LogP contribution is -2.44. The van der Waals surface area contributed by atoms with Crippen LogP contribution in [0.25, 0.3) is 21.2 Å². The molecule has 15 heteroatoms. The molecule has 0 bridgehead atoms. The Bertz CT molecular complexity index is 1760. The summed E-state index contributed by atoms with van der Waals surface area (Å²) < 4.78 is 78.6. The van der Waals surface area contributed by atoms with Gasteiger partial charge in [-0.25, -0.2) is 13.6 Å². The summed E-state index contributed by atoms with van der Waals surface area (Å²) in [7, 11) is 3.53. The summed E-state index contributed by atoms with van der Waals surface area (Å²) in [4.78, 5) is 25.7. The average molecular weight is 731 g/mol. The van der Waals surface area contributed by atoms with Gasteiger partial charge in [0.2, 0.25) is 0 Å². The van der Waals surface area contributed by atoms with Crippen LogP contribution < -0.4 is 10.1 Å². The first-order chi connectivity index (χ1) is 22.7. The number of nitrogens with one attached hydrogen (secondary N) is 1. The van der Waals surface area contributed by atoms with Crippen LogP contribution in [-0.2, 0) is 22.5 Å². The molecular formula is C33H32ClF5N2O5S2. The van der Waals surface area contributed by atoms with Crippen LogP contribution in [0.5, 0.6) is 5.75 Å². The Balaban J connectivity index is 0.000000671. The second kappa shape index (κ2) is 15.9. The van der Waals surface area contributed by atoms with E-state index in [1.165, 1.54) is 0 Å². The lowest BCUT2D eigenvalue weighted by Gasteiger charge is -2.37. The molecule has 5 rings (SSSR count). The zero-order chi connectivity index (χ0) is 35.3. The molecule has 0 saturated heterocycles. The first-order valence-corrected chi connectivity index (χ1v) is 17.4. The van der Waals surface area contributed by atoms with Gasteiger partial charge in [0.25, 0.3) is 5.91 Å². The van der Waals surface area contributed by atoms with Crippen molar-refractivity contribution in [1.29, 1.82) is 0 Å². The molecule has 1 aromatic heterocycles. The van der Waals surface area contributed by atoms with Crippen LogP contribution in [0, 0.1) is 11.6 Å². The number of hydrogen-bond donors (Lipinski definition) is 2. The SMILES string of the molecule is CNC1CCC(N(Cc2cc(-c3ccc([S+](C)[O-])cc3)ccc2OC)C(=O)c2sc3c(F)ccc(F)c3c2Cl)CC1.O=C(O)C(F)(F)F. The maximum absolute atomic E-state index is 14.7. The first kappa shape index (κ1) is 37.4. The molecule has 0 spiro atoms. The zero-order valence-electron chi connectivity index (χ0n) is 26.0. The summed E-state index contributed by atoms with van der Waals surface area (Å²) >= 11 is 6.37. The number of benzene rings is 3. The van der Waals surface area contributed by atoms with E-state index in [4.69, 9.17) is 26.2 Å². The molecule has 1 unspecified atom stereocenters. The highest BCUT2D eigenvalue weighted by Gasteiger charge is 2.38. The number of carbonyl (C=O) groups excluding carboxylic acids is 1. The van der Waals surface area contributed by atoms with Gasteiger partial charge in [0.05, 0.1) is 22.2 Å². The average Bonchev–Trinajstić information content (AvgIpc) is 3.43. The standard InChI is InChI=1S/C31H31ClF2N2O3S2.C2HF3O2/c1-35-21-7-9-22(10-8-21)36(31(37)30-28(32)27-24(33)13-14-25(34)29(27)40-30)17-20-16-19(6-15-26(20)39-2)18-4-11-23(12-5-18)41(3)38;3-2(4,5)1(6)7/h4-6,11-16,21-22,35H,7-10,17H2,1-3H3;(H,6,7). The Labute approximate surface area is 285 Å². The molecule has 1 aliphatic carbocycles. The van der Waals surface area contributed by atoms with Crippen molar-refractivity contribution in [1.82, 2.24) is 10.2 Å². The number of carbonyl (C=O) groups is 2. The number of thiophene rings is 1. The summed E-state index contributed by atoms with van der Waals surface area (Å²) in [5.41, 5.74) is 2.66. The quantitative estimate of drug-likeness (QED) is 0.141. The molecule has 1 heterocycles. The largest absolute Gasteiger partial charge is 0.612 e. The van der Waals surface area contributed by atoms with Gasteiger partial charge < -0.3 is 24.6 Å². The van der Waals surface area contributed by atoms with Crippen LogP contribution in [0.1, 0.15) is 40.9 Å². The van der Waals surface area contributed by atoms with Crippen LogP contribution in [0.2, 0.25) is 5.02 Å². The molecule has 0 aliphatic heterocycles. The van der Waals surface area contributed by atoms with Crippen molar-refractivity contribution in [2.75, 3.05) is 20.4 Å². The number of methoxy groups -OCH3 is 1. The highest BCUT2D eigenvalue weighted by Crippen LogP contribution is 2.40. The molecule has 2 N–H and O–H groups in total. The maximum Gasteiger partial charge on any atom is 0.490 e. The minimum Gasteiger partial charge on any atom is -0.612 e. The van der Waals surface area contributed by atoms with E-state index < -0.39 is 35.0 Å². The topological polar surface area (TPSA) is 102 Å². The number of rotatable bonds is 8. The van der Waals surface area contributed by atoms with E-state index in [0.29, 0.717) is 11.8 Å². The van der Waals surface area contributed by atoms with Crippen molar-refractivity contribution in [2.24, 2.45) is 0 Å². The molecule has 1 saturated carbocycles. The van der Waals surface area contributed by atoms with Gasteiger partial charge in [0.15, 0.2) is 4.90 Å². The third-order valence-electron chi connectivity index (χ3n) is 8.07. The van der Waals surface area contributed by atoms with Crippen molar-refractivity contribution >= 4 is 56.1 Å². The Morgan fingerprint density at radius 2 is 1.62 bits per heavy atom. The number of carboxylic acids is 1. The third kappa shape index (κ3) is 8.58. The lowest BCUT2D eigenvalue weighted by molar-refractivity contribution is -0.192. The van der Waals surface area contributed by atoms with Crippen molar-refractivity contribution < 1.29 is 45.9 Å². The van der Waals surface area contributed by atoms with Crippen LogP contribution in [0.4, 0.5) is 22.0 Å². The minimum absolute atomic E-state index is 0.0354. The van der Waals surface area contributed by atoms with Gasteiger partial charge in [0, 0.05) is 24.2 Å². The minimum atomic E-state index is -5.08. The molecule has 48 heavy (non-hydrogen) atoms. The number of carboxylic acid groups (broad SMARTS) is 1. The van der Waals surface area contributed by atoms with Gasteiger partial charge >= 0.3 is 12.1 Å². The van der Waals surface area contributed by atoms with Crippen molar-refractivity contribution in [3.05, 3.63) is 81.7 Å². The molecule has 1 atom stereocenters. The summed E-state index contributed by atoms with van der Waals surface area (Å²) in [5.74, 6) is -3.75. The van der Waals surface area contributed by atoms with E-state index in [0.717, 1.165) is 70.7 Å². The third-order valence-corrected chi connectivity index (χ3v) is 10.7. The molecule has 1 amide bonds. The Morgan fingerprint density at radius 3 is 2.15 bits per heavy atom. The monoisotopic (exact) mass is 730 g/mol. The summed E-state index contributed by atoms with van der Waals surface area (Å²) in [6.07, 6.45) is -0.0880.